The molecule has 0 aliphatic rings. The predicted molar refractivity (Wildman–Crippen MR) is 70.6 cm³/mol. The van der Waals surface area contributed by atoms with E-state index in [9.17, 15) is 13.2 Å². The molecular formula is C11H13BrF3NS. The zero-order valence-corrected chi connectivity index (χ0v) is 11.7. The van der Waals surface area contributed by atoms with Crippen LogP contribution in [0, 0.1) is 0 Å². The van der Waals surface area contributed by atoms with E-state index in [0.717, 1.165) is 17.6 Å². The molecule has 0 spiro atoms. The first kappa shape index (κ1) is 14.7. The second-order valence-electron chi connectivity index (χ2n) is 3.31. The van der Waals surface area contributed by atoms with Crippen LogP contribution in [0.4, 0.5) is 18.9 Å². The molecule has 0 bridgehead atoms. The van der Waals surface area contributed by atoms with Crippen LogP contribution in [0.5, 0.6) is 0 Å². The van der Waals surface area contributed by atoms with E-state index < -0.39 is 11.7 Å². The monoisotopic (exact) mass is 327 g/mol. The van der Waals surface area contributed by atoms with Crippen molar-refractivity contribution >= 4 is 33.4 Å². The summed E-state index contributed by atoms with van der Waals surface area (Å²) in [5.74, 6) is 1.76. The van der Waals surface area contributed by atoms with Crippen molar-refractivity contribution in [3.63, 3.8) is 0 Å². The molecular weight excluding hydrogens is 315 g/mol. The molecule has 0 heterocycles. The Labute approximate surface area is 111 Å². The molecule has 1 rings (SSSR count). The smallest absolute Gasteiger partial charge is 0.384 e. The number of hydrogen-bond donors (Lipinski definition) is 1. The van der Waals surface area contributed by atoms with Crippen molar-refractivity contribution in [2.75, 3.05) is 23.4 Å². The SMILES string of the molecule is CCSCCNc1ccc(Br)cc1C(F)(F)F. The Morgan fingerprint density at radius 2 is 2.06 bits per heavy atom. The summed E-state index contributed by atoms with van der Waals surface area (Å²) in [6, 6.07) is 4.14. The van der Waals surface area contributed by atoms with Gasteiger partial charge in [0.15, 0.2) is 0 Å². The number of halogens is 4. The number of alkyl halides is 3. The van der Waals surface area contributed by atoms with Gasteiger partial charge >= 0.3 is 6.18 Å². The molecule has 0 fully saturated rings. The zero-order chi connectivity index (χ0) is 12.9. The minimum atomic E-state index is -4.33. The van der Waals surface area contributed by atoms with Crippen LogP contribution < -0.4 is 5.32 Å². The lowest BCUT2D eigenvalue weighted by Crippen LogP contribution is -2.12. The Morgan fingerprint density at radius 1 is 1.35 bits per heavy atom. The molecule has 0 aliphatic carbocycles. The maximum absolute atomic E-state index is 12.7. The Balaban J connectivity index is 2.77. The third-order valence-corrected chi connectivity index (χ3v) is 3.45. The predicted octanol–water partition coefficient (Wildman–Crippen LogP) is 4.63. The van der Waals surface area contributed by atoms with E-state index in [1.807, 2.05) is 6.92 Å². The second kappa shape index (κ2) is 6.54. The van der Waals surface area contributed by atoms with Crippen LogP contribution in [0.1, 0.15) is 12.5 Å². The molecule has 6 heteroatoms. The van der Waals surface area contributed by atoms with E-state index in [1.54, 1.807) is 17.8 Å². The van der Waals surface area contributed by atoms with E-state index in [0.29, 0.717) is 11.0 Å². The highest BCUT2D eigenvalue weighted by Crippen LogP contribution is 2.36. The van der Waals surface area contributed by atoms with Gasteiger partial charge in [-0.3, -0.25) is 0 Å². The highest BCUT2D eigenvalue weighted by molar-refractivity contribution is 9.10. The van der Waals surface area contributed by atoms with Crippen LogP contribution in [0.15, 0.2) is 22.7 Å². The van der Waals surface area contributed by atoms with Crippen molar-refractivity contribution in [1.82, 2.24) is 0 Å². The number of rotatable bonds is 5. The summed E-state index contributed by atoms with van der Waals surface area (Å²) in [6.07, 6.45) is -4.33. The zero-order valence-electron chi connectivity index (χ0n) is 9.27. The minimum Gasteiger partial charge on any atom is -0.384 e. The number of hydrogen-bond acceptors (Lipinski definition) is 2. The lowest BCUT2D eigenvalue weighted by molar-refractivity contribution is -0.137. The van der Waals surface area contributed by atoms with Crippen LogP contribution in [0.3, 0.4) is 0 Å². The molecule has 0 saturated carbocycles. The molecule has 0 unspecified atom stereocenters. The lowest BCUT2D eigenvalue weighted by atomic mass is 10.1. The fourth-order valence-electron chi connectivity index (χ4n) is 1.31. The third kappa shape index (κ3) is 4.79. The molecule has 17 heavy (non-hydrogen) atoms. The lowest BCUT2D eigenvalue weighted by Gasteiger charge is -2.14. The Kier molecular flexibility index (Phi) is 5.66. The van der Waals surface area contributed by atoms with Gasteiger partial charge in [0.1, 0.15) is 0 Å². The quantitative estimate of drug-likeness (QED) is 0.791. The topological polar surface area (TPSA) is 12.0 Å². The third-order valence-electron chi connectivity index (χ3n) is 2.05. The van der Waals surface area contributed by atoms with Crippen molar-refractivity contribution in [3.05, 3.63) is 28.2 Å². The number of benzene rings is 1. The van der Waals surface area contributed by atoms with Crippen LogP contribution in [0.25, 0.3) is 0 Å². The van der Waals surface area contributed by atoms with Crippen LogP contribution >= 0.6 is 27.7 Å². The summed E-state index contributed by atoms with van der Waals surface area (Å²) in [6.45, 7) is 2.55. The van der Waals surface area contributed by atoms with Gasteiger partial charge in [-0.05, 0) is 24.0 Å². The van der Waals surface area contributed by atoms with E-state index in [1.165, 1.54) is 6.07 Å². The molecule has 96 valence electrons. The van der Waals surface area contributed by atoms with Gasteiger partial charge in [0.2, 0.25) is 0 Å². The largest absolute Gasteiger partial charge is 0.418 e. The highest BCUT2D eigenvalue weighted by Gasteiger charge is 2.33. The summed E-state index contributed by atoms with van der Waals surface area (Å²) in [5.41, 5.74) is -0.495. The van der Waals surface area contributed by atoms with Gasteiger partial charge < -0.3 is 5.32 Å². The Morgan fingerprint density at radius 3 is 2.65 bits per heavy atom. The molecule has 0 radical (unpaired) electrons. The summed E-state index contributed by atoms with van der Waals surface area (Å²) < 4.78 is 38.6. The normalized spacial score (nSPS) is 11.6. The summed E-state index contributed by atoms with van der Waals surface area (Å²) in [5, 5.41) is 2.82. The molecule has 0 saturated heterocycles. The second-order valence-corrected chi connectivity index (χ2v) is 5.62. The minimum absolute atomic E-state index is 0.136. The van der Waals surface area contributed by atoms with Gasteiger partial charge in [-0.15, -0.1) is 0 Å². The molecule has 1 N–H and O–H groups in total. The van der Waals surface area contributed by atoms with Crippen LogP contribution in [0.2, 0.25) is 0 Å². The Bertz CT molecular complexity index is 368. The standard InChI is InChI=1S/C11H13BrF3NS/c1-2-17-6-5-16-10-4-3-8(12)7-9(10)11(13,14)15/h3-4,7,16H,2,5-6H2,1H3. The van der Waals surface area contributed by atoms with E-state index >= 15 is 0 Å². The first-order valence-electron chi connectivity index (χ1n) is 5.13. The van der Waals surface area contributed by atoms with Crippen molar-refractivity contribution in [3.8, 4) is 0 Å². The number of anilines is 1. The van der Waals surface area contributed by atoms with E-state index in [-0.39, 0.29) is 5.69 Å². The highest BCUT2D eigenvalue weighted by atomic mass is 79.9. The maximum Gasteiger partial charge on any atom is 0.418 e. The average Bonchev–Trinajstić information content (AvgIpc) is 2.25. The number of thioether (sulfide) groups is 1. The van der Waals surface area contributed by atoms with Crippen LogP contribution in [-0.4, -0.2) is 18.1 Å². The molecule has 0 amide bonds. The first-order chi connectivity index (χ1) is 7.95. The molecule has 0 aromatic heterocycles. The van der Waals surface area contributed by atoms with Gasteiger partial charge in [0.25, 0.3) is 0 Å². The van der Waals surface area contributed by atoms with Gasteiger partial charge in [0.05, 0.1) is 5.56 Å². The van der Waals surface area contributed by atoms with E-state index in [2.05, 4.69) is 21.2 Å². The van der Waals surface area contributed by atoms with Crippen molar-refractivity contribution in [2.45, 2.75) is 13.1 Å². The van der Waals surface area contributed by atoms with E-state index in [4.69, 9.17) is 0 Å². The first-order valence-corrected chi connectivity index (χ1v) is 7.08. The maximum atomic E-state index is 12.7. The molecule has 0 atom stereocenters. The van der Waals surface area contributed by atoms with Crippen molar-refractivity contribution in [1.29, 1.82) is 0 Å². The van der Waals surface area contributed by atoms with Gasteiger partial charge in [-0.25, -0.2) is 0 Å². The van der Waals surface area contributed by atoms with Crippen molar-refractivity contribution < 1.29 is 13.2 Å². The summed E-state index contributed by atoms with van der Waals surface area (Å²) in [4.78, 5) is 0. The average molecular weight is 328 g/mol. The van der Waals surface area contributed by atoms with Crippen molar-refractivity contribution in [2.24, 2.45) is 0 Å². The van der Waals surface area contributed by atoms with Gasteiger partial charge in [0, 0.05) is 22.5 Å². The fraction of sp³-hybridized carbons (Fsp3) is 0.455. The summed E-state index contributed by atoms with van der Waals surface area (Å²) >= 11 is 4.74. The number of nitrogens with one attached hydrogen (secondary N) is 1. The van der Waals surface area contributed by atoms with Gasteiger partial charge in [-0.2, -0.15) is 24.9 Å². The summed E-state index contributed by atoms with van der Waals surface area (Å²) in [7, 11) is 0. The molecule has 1 aromatic carbocycles. The van der Waals surface area contributed by atoms with Crippen LogP contribution in [-0.2, 0) is 6.18 Å². The Hall–Kier alpha value is -0.360. The fourth-order valence-corrected chi connectivity index (χ4v) is 2.20. The molecule has 0 aliphatic heterocycles. The molecule has 1 aromatic rings. The van der Waals surface area contributed by atoms with Gasteiger partial charge in [-0.1, -0.05) is 22.9 Å². The molecule has 1 nitrogen and oxygen atoms in total.